The summed E-state index contributed by atoms with van der Waals surface area (Å²) in [6.07, 6.45) is 0. The molecule has 0 aliphatic rings. The van der Waals surface area contributed by atoms with Crippen molar-refractivity contribution in [2.75, 3.05) is 11.9 Å². The summed E-state index contributed by atoms with van der Waals surface area (Å²) in [6.45, 7) is -3.56. The highest BCUT2D eigenvalue weighted by molar-refractivity contribution is 9.10. The predicted molar refractivity (Wildman–Crippen MR) is 88.1 cm³/mol. The fourth-order valence-corrected chi connectivity index (χ4v) is 2.23. The van der Waals surface area contributed by atoms with Crippen LogP contribution in [0.5, 0.6) is 5.75 Å². The minimum absolute atomic E-state index is 0.0520. The largest absolute Gasteiger partial charge is 0.434 e. The Bertz CT molecular complexity index is 787. The molecule has 9 heteroatoms. The molecule has 2 aromatic carbocycles. The Kier molecular flexibility index (Phi) is 6.40. The zero-order chi connectivity index (χ0) is 18.4. The van der Waals surface area contributed by atoms with Gasteiger partial charge in [0.05, 0.1) is 17.8 Å². The molecule has 0 spiro atoms. The molecular formula is C16H12BrF3N2O3. The lowest BCUT2D eigenvalue weighted by atomic mass is 10.2. The van der Waals surface area contributed by atoms with Gasteiger partial charge < -0.3 is 15.4 Å². The second-order valence-electron chi connectivity index (χ2n) is 4.73. The fourth-order valence-electron chi connectivity index (χ4n) is 1.89. The van der Waals surface area contributed by atoms with Crippen LogP contribution in [-0.4, -0.2) is 25.0 Å². The maximum Gasteiger partial charge on any atom is 0.387 e. The molecule has 0 fully saturated rings. The molecule has 0 bridgehead atoms. The van der Waals surface area contributed by atoms with E-state index in [1.54, 1.807) is 0 Å². The number of carbonyl (C=O) groups excluding carboxylic acids is 2. The second-order valence-corrected chi connectivity index (χ2v) is 5.65. The minimum atomic E-state index is -3.09. The van der Waals surface area contributed by atoms with Crippen LogP contribution in [0, 0.1) is 5.82 Å². The molecular weight excluding hydrogens is 405 g/mol. The van der Waals surface area contributed by atoms with Gasteiger partial charge in [0.25, 0.3) is 5.91 Å². The monoisotopic (exact) mass is 416 g/mol. The third-order valence-corrected chi connectivity index (χ3v) is 3.46. The van der Waals surface area contributed by atoms with Gasteiger partial charge >= 0.3 is 6.61 Å². The van der Waals surface area contributed by atoms with Gasteiger partial charge in [0.1, 0.15) is 11.6 Å². The quantitative estimate of drug-likeness (QED) is 0.756. The molecule has 25 heavy (non-hydrogen) atoms. The smallest absolute Gasteiger partial charge is 0.387 e. The normalized spacial score (nSPS) is 10.4. The summed E-state index contributed by atoms with van der Waals surface area (Å²) in [7, 11) is 0. The fraction of sp³-hybridized carbons (Fsp3) is 0.125. The molecule has 0 heterocycles. The Balaban J connectivity index is 1.97. The van der Waals surface area contributed by atoms with Crippen LogP contribution in [0.2, 0.25) is 0 Å². The highest BCUT2D eigenvalue weighted by Gasteiger charge is 2.16. The first kappa shape index (κ1) is 18.8. The van der Waals surface area contributed by atoms with Gasteiger partial charge in [-0.2, -0.15) is 8.78 Å². The number of para-hydroxylation sites is 1. The molecule has 0 aliphatic heterocycles. The average molecular weight is 417 g/mol. The van der Waals surface area contributed by atoms with Gasteiger partial charge in [-0.05, 0) is 30.3 Å². The first-order chi connectivity index (χ1) is 11.9. The molecule has 2 rings (SSSR count). The van der Waals surface area contributed by atoms with Gasteiger partial charge in [0.2, 0.25) is 5.91 Å². The van der Waals surface area contributed by atoms with Crippen molar-refractivity contribution < 1.29 is 27.5 Å². The van der Waals surface area contributed by atoms with E-state index in [4.69, 9.17) is 0 Å². The highest BCUT2D eigenvalue weighted by atomic mass is 79.9. The molecule has 0 aromatic heterocycles. The standard InChI is InChI=1S/C16H12BrF3N2O3/c17-9-5-6-12(11(18)7-9)22-14(23)8-21-15(24)10-3-1-2-4-13(10)25-16(19)20/h1-7,16H,8H2,(H,21,24)(H,22,23). The minimum Gasteiger partial charge on any atom is -0.434 e. The second kappa shape index (κ2) is 8.52. The van der Waals surface area contributed by atoms with E-state index in [2.05, 4.69) is 31.3 Å². The maximum absolute atomic E-state index is 13.6. The van der Waals surface area contributed by atoms with Crippen molar-refractivity contribution in [1.29, 1.82) is 0 Å². The van der Waals surface area contributed by atoms with E-state index in [9.17, 15) is 22.8 Å². The van der Waals surface area contributed by atoms with Crippen LogP contribution in [-0.2, 0) is 4.79 Å². The van der Waals surface area contributed by atoms with Crippen LogP contribution in [0.1, 0.15) is 10.4 Å². The molecule has 0 saturated carbocycles. The van der Waals surface area contributed by atoms with Crippen molar-refractivity contribution in [1.82, 2.24) is 5.32 Å². The molecule has 2 amide bonds. The topological polar surface area (TPSA) is 67.4 Å². The van der Waals surface area contributed by atoms with Crippen molar-refractivity contribution in [3.05, 3.63) is 58.3 Å². The first-order valence-corrected chi connectivity index (χ1v) is 7.73. The number of hydrogen-bond acceptors (Lipinski definition) is 3. The Labute approximate surface area is 149 Å². The third kappa shape index (κ3) is 5.49. The molecule has 0 unspecified atom stereocenters. The Morgan fingerprint density at radius 3 is 2.56 bits per heavy atom. The van der Waals surface area contributed by atoms with E-state index in [-0.39, 0.29) is 17.0 Å². The van der Waals surface area contributed by atoms with Crippen LogP contribution in [0.15, 0.2) is 46.9 Å². The molecule has 0 saturated heterocycles. The zero-order valence-corrected chi connectivity index (χ0v) is 14.1. The Morgan fingerprint density at radius 2 is 1.88 bits per heavy atom. The summed E-state index contributed by atoms with van der Waals surface area (Å²) in [5.41, 5.74) is -0.200. The SMILES string of the molecule is O=C(CNC(=O)c1ccccc1OC(F)F)Nc1ccc(Br)cc1F. The molecule has 0 atom stereocenters. The van der Waals surface area contributed by atoms with Crippen molar-refractivity contribution >= 4 is 33.4 Å². The van der Waals surface area contributed by atoms with Crippen molar-refractivity contribution in [2.45, 2.75) is 6.61 Å². The average Bonchev–Trinajstić information content (AvgIpc) is 2.55. The van der Waals surface area contributed by atoms with Crippen molar-refractivity contribution in [3.8, 4) is 5.75 Å². The van der Waals surface area contributed by atoms with Crippen molar-refractivity contribution in [2.24, 2.45) is 0 Å². The van der Waals surface area contributed by atoms with Crippen LogP contribution in [0.25, 0.3) is 0 Å². The van der Waals surface area contributed by atoms with Crippen LogP contribution < -0.4 is 15.4 Å². The number of anilines is 1. The maximum atomic E-state index is 13.6. The lowest BCUT2D eigenvalue weighted by Gasteiger charge is -2.11. The van der Waals surface area contributed by atoms with E-state index < -0.39 is 30.8 Å². The molecule has 0 aliphatic carbocycles. The number of rotatable bonds is 6. The number of alkyl halides is 2. The van der Waals surface area contributed by atoms with E-state index in [0.29, 0.717) is 4.47 Å². The third-order valence-electron chi connectivity index (χ3n) is 2.96. The van der Waals surface area contributed by atoms with Crippen LogP contribution in [0.3, 0.4) is 0 Å². The summed E-state index contributed by atoms with van der Waals surface area (Å²) in [5, 5.41) is 4.55. The Hall–Kier alpha value is -2.55. The summed E-state index contributed by atoms with van der Waals surface area (Å²) < 4.78 is 43.0. The van der Waals surface area contributed by atoms with Gasteiger partial charge in [-0.15, -0.1) is 0 Å². The zero-order valence-electron chi connectivity index (χ0n) is 12.6. The van der Waals surface area contributed by atoms with E-state index >= 15 is 0 Å². The highest BCUT2D eigenvalue weighted by Crippen LogP contribution is 2.20. The number of nitrogens with one attached hydrogen (secondary N) is 2. The van der Waals surface area contributed by atoms with E-state index in [1.807, 2.05) is 0 Å². The number of ether oxygens (including phenoxy) is 1. The number of carbonyl (C=O) groups is 2. The van der Waals surface area contributed by atoms with Gasteiger partial charge in [0, 0.05) is 4.47 Å². The molecule has 2 aromatic rings. The number of hydrogen-bond donors (Lipinski definition) is 2. The van der Waals surface area contributed by atoms with E-state index in [1.165, 1.54) is 42.5 Å². The molecule has 5 nitrogen and oxygen atoms in total. The summed E-state index contributed by atoms with van der Waals surface area (Å²) in [4.78, 5) is 23.8. The van der Waals surface area contributed by atoms with Gasteiger partial charge in [0.15, 0.2) is 0 Å². The van der Waals surface area contributed by atoms with Crippen LogP contribution in [0.4, 0.5) is 18.9 Å². The Morgan fingerprint density at radius 1 is 1.16 bits per heavy atom. The van der Waals surface area contributed by atoms with E-state index in [0.717, 1.165) is 0 Å². The molecule has 132 valence electrons. The van der Waals surface area contributed by atoms with Gasteiger partial charge in [-0.25, -0.2) is 4.39 Å². The summed E-state index contributed by atoms with van der Waals surface area (Å²) in [6, 6.07) is 9.44. The van der Waals surface area contributed by atoms with Crippen molar-refractivity contribution in [3.63, 3.8) is 0 Å². The number of benzene rings is 2. The summed E-state index contributed by atoms with van der Waals surface area (Å²) >= 11 is 3.09. The first-order valence-electron chi connectivity index (χ1n) is 6.93. The predicted octanol–water partition coefficient (Wildman–Crippen LogP) is 3.56. The van der Waals surface area contributed by atoms with Gasteiger partial charge in [-0.3, -0.25) is 9.59 Å². The lowest BCUT2D eigenvalue weighted by Crippen LogP contribution is -2.33. The molecule has 2 N–H and O–H groups in total. The molecule has 0 radical (unpaired) electrons. The van der Waals surface area contributed by atoms with Gasteiger partial charge in [-0.1, -0.05) is 28.1 Å². The lowest BCUT2D eigenvalue weighted by molar-refractivity contribution is -0.115. The number of halogens is 4. The van der Waals surface area contributed by atoms with Crippen LogP contribution >= 0.6 is 15.9 Å². The number of amides is 2. The summed E-state index contributed by atoms with van der Waals surface area (Å²) in [5.74, 6) is -2.41.